The number of amides is 1. The maximum atomic E-state index is 12.9. The van der Waals surface area contributed by atoms with Gasteiger partial charge in [0, 0.05) is 31.7 Å². The molecule has 0 bridgehead atoms. The highest BCUT2D eigenvalue weighted by atomic mass is 16.5. The van der Waals surface area contributed by atoms with E-state index in [1.165, 1.54) is 0 Å². The van der Waals surface area contributed by atoms with Crippen LogP contribution in [0.5, 0.6) is 0 Å². The fourth-order valence-electron chi connectivity index (χ4n) is 3.30. The molecule has 4 heterocycles. The van der Waals surface area contributed by atoms with Gasteiger partial charge in [0.05, 0.1) is 17.5 Å². The van der Waals surface area contributed by atoms with Crippen molar-refractivity contribution in [1.82, 2.24) is 24.8 Å². The molecular formula is C17H19N5O3. The van der Waals surface area contributed by atoms with Crippen molar-refractivity contribution in [3.05, 3.63) is 41.2 Å². The molecular weight excluding hydrogens is 322 g/mol. The summed E-state index contributed by atoms with van der Waals surface area (Å²) in [5.41, 5.74) is 2.33. The van der Waals surface area contributed by atoms with Gasteiger partial charge in [-0.25, -0.2) is 0 Å². The first-order valence-corrected chi connectivity index (χ1v) is 8.21. The Morgan fingerprint density at radius 1 is 1.36 bits per heavy atom. The van der Waals surface area contributed by atoms with Crippen molar-refractivity contribution in [1.29, 1.82) is 0 Å². The topological polar surface area (TPSA) is 90.2 Å². The minimum atomic E-state index is 0.0142. The molecule has 1 aliphatic heterocycles. The number of carbonyl (C=O) groups excluding carboxylic acids is 1. The Labute approximate surface area is 144 Å². The number of furan rings is 1. The van der Waals surface area contributed by atoms with Gasteiger partial charge in [0.25, 0.3) is 11.8 Å². The minimum Gasteiger partial charge on any atom is -0.459 e. The first-order chi connectivity index (χ1) is 12.0. The van der Waals surface area contributed by atoms with E-state index in [2.05, 4.69) is 15.2 Å². The van der Waals surface area contributed by atoms with Crippen LogP contribution in [-0.4, -0.2) is 43.8 Å². The quantitative estimate of drug-likeness (QED) is 0.726. The molecule has 1 fully saturated rings. The van der Waals surface area contributed by atoms with Gasteiger partial charge in [0.1, 0.15) is 0 Å². The first-order valence-electron chi connectivity index (χ1n) is 8.21. The van der Waals surface area contributed by atoms with Gasteiger partial charge in [-0.15, -0.1) is 0 Å². The van der Waals surface area contributed by atoms with E-state index in [1.54, 1.807) is 23.1 Å². The lowest BCUT2D eigenvalue weighted by Crippen LogP contribution is -2.29. The second-order valence-electron chi connectivity index (χ2n) is 6.34. The summed E-state index contributed by atoms with van der Waals surface area (Å²) in [4.78, 5) is 19.1. The number of aryl methyl sites for hydroxylation is 2. The van der Waals surface area contributed by atoms with Crippen molar-refractivity contribution in [2.75, 3.05) is 13.1 Å². The number of rotatable bonds is 3. The molecule has 0 aromatic carbocycles. The summed E-state index contributed by atoms with van der Waals surface area (Å²) in [6.07, 6.45) is 2.37. The van der Waals surface area contributed by atoms with E-state index in [9.17, 15) is 4.79 Å². The highest BCUT2D eigenvalue weighted by Crippen LogP contribution is 2.29. The van der Waals surface area contributed by atoms with Crippen molar-refractivity contribution in [3.63, 3.8) is 0 Å². The SMILES string of the molecule is Cc1nn(C)c(C)c1C(=O)N1CC[C@H](c2noc(-c3ccco3)n2)C1. The zero-order valence-electron chi connectivity index (χ0n) is 14.4. The average Bonchev–Trinajstić information content (AvgIpc) is 3.35. The van der Waals surface area contributed by atoms with Crippen LogP contribution in [0.15, 0.2) is 27.3 Å². The van der Waals surface area contributed by atoms with Crippen LogP contribution in [0.2, 0.25) is 0 Å². The lowest BCUT2D eigenvalue weighted by Gasteiger charge is -2.16. The zero-order chi connectivity index (χ0) is 17.6. The largest absolute Gasteiger partial charge is 0.459 e. The molecule has 1 aliphatic rings. The van der Waals surface area contributed by atoms with Gasteiger partial charge in [-0.2, -0.15) is 10.1 Å². The molecule has 0 N–H and O–H groups in total. The Morgan fingerprint density at radius 3 is 2.88 bits per heavy atom. The second-order valence-corrected chi connectivity index (χ2v) is 6.34. The summed E-state index contributed by atoms with van der Waals surface area (Å²) in [5, 5.41) is 8.39. The number of aromatic nitrogens is 4. The van der Waals surface area contributed by atoms with Gasteiger partial charge in [-0.05, 0) is 32.4 Å². The second kappa shape index (κ2) is 5.87. The summed E-state index contributed by atoms with van der Waals surface area (Å²) in [6, 6.07) is 3.55. The Bertz CT molecular complexity index is 909. The Balaban J connectivity index is 1.51. The fraction of sp³-hybridized carbons (Fsp3) is 0.412. The molecule has 8 nitrogen and oxygen atoms in total. The summed E-state index contributed by atoms with van der Waals surface area (Å²) in [5.74, 6) is 1.60. The van der Waals surface area contributed by atoms with Crippen molar-refractivity contribution in [2.24, 2.45) is 7.05 Å². The normalized spacial score (nSPS) is 17.4. The number of hydrogen-bond donors (Lipinski definition) is 0. The van der Waals surface area contributed by atoms with Crippen LogP contribution in [0.4, 0.5) is 0 Å². The molecule has 25 heavy (non-hydrogen) atoms. The van der Waals surface area contributed by atoms with Gasteiger partial charge in [-0.3, -0.25) is 9.48 Å². The predicted molar refractivity (Wildman–Crippen MR) is 87.9 cm³/mol. The smallest absolute Gasteiger partial charge is 0.293 e. The van der Waals surface area contributed by atoms with Crippen LogP contribution in [0.25, 0.3) is 11.7 Å². The van der Waals surface area contributed by atoms with E-state index < -0.39 is 0 Å². The third-order valence-corrected chi connectivity index (χ3v) is 4.74. The summed E-state index contributed by atoms with van der Waals surface area (Å²) >= 11 is 0. The minimum absolute atomic E-state index is 0.0142. The molecule has 0 radical (unpaired) electrons. The molecule has 130 valence electrons. The molecule has 1 saturated heterocycles. The van der Waals surface area contributed by atoms with Crippen LogP contribution in [0.1, 0.15) is 39.9 Å². The van der Waals surface area contributed by atoms with Crippen molar-refractivity contribution >= 4 is 5.91 Å². The zero-order valence-corrected chi connectivity index (χ0v) is 14.4. The Hall–Kier alpha value is -2.90. The monoisotopic (exact) mass is 341 g/mol. The van der Waals surface area contributed by atoms with E-state index in [1.807, 2.05) is 25.8 Å². The maximum Gasteiger partial charge on any atom is 0.293 e. The van der Waals surface area contributed by atoms with E-state index in [-0.39, 0.29) is 11.8 Å². The fourth-order valence-corrected chi connectivity index (χ4v) is 3.30. The number of nitrogens with zero attached hydrogens (tertiary/aromatic N) is 5. The number of likely N-dealkylation sites (tertiary alicyclic amines) is 1. The summed E-state index contributed by atoms with van der Waals surface area (Å²) in [7, 11) is 1.85. The van der Waals surface area contributed by atoms with Gasteiger partial charge < -0.3 is 13.8 Å². The maximum absolute atomic E-state index is 12.9. The lowest BCUT2D eigenvalue weighted by atomic mass is 10.1. The van der Waals surface area contributed by atoms with Crippen molar-refractivity contribution in [3.8, 4) is 11.7 Å². The lowest BCUT2D eigenvalue weighted by molar-refractivity contribution is 0.0789. The number of carbonyl (C=O) groups is 1. The summed E-state index contributed by atoms with van der Waals surface area (Å²) < 4.78 is 12.3. The van der Waals surface area contributed by atoms with E-state index in [0.717, 1.165) is 17.8 Å². The Morgan fingerprint density at radius 2 is 2.20 bits per heavy atom. The molecule has 3 aromatic heterocycles. The van der Waals surface area contributed by atoms with Gasteiger partial charge in [-0.1, -0.05) is 5.16 Å². The van der Waals surface area contributed by atoms with Gasteiger partial charge in [0.2, 0.25) is 0 Å². The van der Waals surface area contributed by atoms with Crippen LogP contribution in [-0.2, 0) is 7.05 Å². The molecule has 4 rings (SSSR count). The third-order valence-electron chi connectivity index (χ3n) is 4.74. The number of hydrogen-bond acceptors (Lipinski definition) is 6. The third kappa shape index (κ3) is 2.63. The highest BCUT2D eigenvalue weighted by molar-refractivity contribution is 5.96. The van der Waals surface area contributed by atoms with Crippen LogP contribution in [0.3, 0.4) is 0 Å². The molecule has 8 heteroatoms. The van der Waals surface area contributed by atoms with Crippen LogP contribution < -0.4 is 0 Å². The van der Waals surface area contributed by atoms with Crippen LogP contribution in [0, 0.1) is 13.8 Å². The standard InChI is InChI=1S/C17H19N5O3/c1-10-14(11(2)21(3)19-10)17(23)22-7-6-12(9-22)15-18-16(25-20-15)13-5-4-8-24-13/h4-5,8,12H,6-7,9H2,1-3H3/t12-/m0/s1. The summed E-state index contributed by atoms with van der Waals surface area (Å²) in [6.45, 7) is 5.02. The van der Waals surface area contributed by atoms with Crippen molar-refractivity contribution in [2.45, 2.75) is 26.2 Å². The first kappa shape index (κ1) is 15.6. The van der Waals surface area contributed by atoms with Gasteiger partial charge in [0.15, 0.2) is 11.6 Å². The molecule has 0 saturated carbocycles. The van der Waals surface area contributed by atoms with Crippen molar-refractivity contribution < 1.29 is 13.7 Å². The Kier molecular flexibility index (Phi) is 3.67. The highest BCUT2D eigenvalue weighted by Gasteiger charge is 2.33. The molecule has 1 amide bonds. The molecule has 0 aliphatic carbocycles. The molecule has 0 spiro atoms. The molecule has 1 atom stereocenters. The molecule has 3 aromatic rings. The van der Waals surface area contributed by atoms with E-state index in [0.29, 0.717) is 36.1 Å². The van der Waals surface area contributed by atoms with E-state index in [4.69, 9.17) is 8.94 Å². The molecule has 0 unspecified atom stereocenters. The predicted octanol–water partition coefficient (Wildman–Crippen LogP) is 2.31. The van der Waals surface area contributed by atoms with Gasteiger partial charge >= 0.3 is 0 Å². The average molecular weight is 341 g/mol. The van der Waals surface area contributed by atoms with E-state index >= 15 is 0 Å². The van der Waals surface area contributed by atoms with Crippen LogP contribution >= 0.6 is 0 Å².